The molecule has 1 unspecified atom stereocenters. The van der Waals surface area contributed by atoms with E-state index in [1.165, 1.54) is 6.07 Å². The SMILES string of the molecule is CC1(C)CNCC(Nc2cc3cc(-c4ccnc(C(F)(F)F)n4)c(C#N)cc3[nH]2)C1. The summed E-state index contributed by atoms with van der Waals surface area (Å²) in [4.78, 5) is 10.2. The number of nitriles is 1. The Bertz CT molecular complexity index is 1130. The first kappa shape index (κ1) is 20.2. The van der Waals surface area contributed by atoms with Gasteiger partial charge in [-0.3, -0.25) is 0 Å². The Morgan fingerprint density at radius 1 is 1.27 bits per heavy atom. The van der Waals surface area contributed by atoms with E-state index in [9.17, 15) is 18.4 Å². The van der Waals surface area contributed by atoms with E-state index < -0.39 is 12.0 Å². The lowest BCUT2D eigenvalue weighted by atomic mass is 9.83. The third kappa shape index (κ3) is 4.09. The number of halogens is 3. The molecule has 1 aliphatic heterocycles. The number of H-pyrrole nitrogens is 1. The smallest absolute Gasteiger partial charge is 0.368 e. The Balaban J connectivity index is 1.69. The van der Waals surface area contributed by atoms with Crippen molar-refractivity contribution in [2.24, 2.45) is 5.41 Å². The van der Waals surface area contributed by atoms with Crippen molar-refractivity contribution in [3.63, 3.8) is 0 Å². The quantitative estimate of drug-likeness (QED) is 0.594. The van der Waals surface area contributed by atoms with Crippen LogP contribution in [0.2, 0.25) is 0 Å². The number of hydrogen-bond donors (Lipinski definition) is 3. The molecule has 1 saturated heterocycles. The van der Waals surface area contributed by atoms with E-state index in [4.69, 9.17) is 0 Å². The number of hydrogen-bond acceptors (Lipinski definition) is 5. The van der Waals surface area contributed by atoms with Crippen LogP contribution in [0.5, 0.6) is 0 Å². The molecule has 1 fully saturated rings. The number of anilines is 1. The second-order valence-corrected chi connectivity index (χ2v) is 8.38. The molecule has 3 N–H and O–H groups in total. The van der Waals surface area contributed by atoms with Gasteiger partial charge in [0.25, 0.3) is 0 Å². The van der Waals surface area contributed by atoms with Crippen molar-refractivity contribution in [2.45, 2.75) is 32.5 Å². The Hall–Kier alpha value is -3.12. The Morgan fingerprint density at radius 3 is 2.77 bits per heavy atom. The minimum absolute atomic E-state index is 0.0599. The van der Waals surface area contributed by atoms with Gasteiger partial charge in [0.2, 0.25) is 5.82 Å². The van der Waals surface area contributed by atoms with Gasteiger partial charge in [0.15, 0.2) is 0 Å². The number of nitrogens with one attached hydrogen (secondary N) is 3. The molecular formula is C21H21F3N6. The maximum Gasteiger partial charge on any atom is 0.451 e. The number of aromatic amines is 1. The third-order valence-corrected chi connectivity index (χ3v) is 5.22. The molecule has 1 aliphatic rings. The van der Waals surface area contributed by atoms with Crippen LogP contribution in [-0.2, 0) is 6.18 Å². The van der Waals surface area contributed by atoms with E-state index in [1.54, 1.807) is 12.1 Å². The highest BCUT2D eigenvalue weighted by Crippen LogP contribution is 2.32. The maximum atomic E-state index is 13.0. The van der Waals surface area contributed by atoms with Crippen LogP contribution >= 0.6 is 0 Å². The summed E-state index contributed by atoms with van der Waals surface area (Å²) >= 11 is 0. The molecule has 0 saturated carbocycles. The lowest BCUT2D eigenvalue weighted by Gasteiger charge is -2.36. The van der Waals surface area contributed by atoms with Gasteiger partial charge in [-0.15, -0.1) is 0 Å². The Kier molecular flexibility index (Phi) is 4.90. The molecule has 0 radical (unpaired) electrons. The largest absolute Gasteiger partial charge is 0.451 e. The van der Waals surface area contributed by atoms with E-state index in [2.05, 4.69) is 45.5 Å². The summed E-state index contributed by atoms with van der Waals surface area (Å²) in [6.45, 7) is 6.23. The summed E-state index contributed by atoms with van der Waals surface area (Å²) in [6.07, 6.45) is -2.59. The van der Waals surface area contributed by atoms with Gasteiger partial charge in [-0.1, -0.05) is 13.8 Å². The number of fused-ring (bicyclic) bond motifs is 1. The monoisotopic (exact) mass is 414 g/mol. The van der Waals surface area contributed by atoms with E-state index in [0.717, 1.165) is 42.4 Å². The summed E-state index contributed by atoms with van der Waals surface area (Å²) in [5.74, 6) is -0.429. The number of aromatic nitrogens is 3. The van der Waals surface area contributed by atoms with Crippen LogP contribution in [0.3, 0.4) is 0 Å². The van der Waals surface area contributed by atoms with Crippen LogP contribution in [-0.4, -0.2) is 34.1 Å². The average Bonchev–Trinajstić information content (AvgIpc) is 3.06. The first-order chi connectivity index (χ1) is 14.1. The fraction of sp³-hybridized carbons (Fsp3) is 0.381. The maximum absolute atomic E-state index is 13.0. The van der Waals surface area contributed by atoms with Crippen molar-refractivity contribution in [2.75, 3.05) is 18.4 Å². The molecule has 156 valence electrons. The second-order valence-electron chi connectivity index (χ2n) is 8.38. The third-order valence-electron chi connectivity index (χ3n) is 5.22. The van der Waals surface area contributed by atoms with E-state index in [-0.39, 0.29) is 22.7 Å². The van der Waals surface area contributed by atoms with Crippen LogP contribution in [0, 0.1) is 16.7 Å². The van der Waals surface area contributed by atoms with Gasteiger partial charge in [-0.05, 0) is 36.1 Å². The zero-order chi connectivity index (χ0) is 21.5. The minimum atomic E-state index is -4.65. The molecule has 0 amide bonds. The standard InChI is InChI=1S/C21H21F3N6/c1-20(2)8-14(10-26-11-20)28-18-7-12-5-15(13(9-25)6-17(12)29-18)16-3-4-27-19(30-16)21(22,23)24/h3-7,14,26,28-29H,8,10-11H2,1-2H3. The predicted octanol–water partition coefficient (Wildman–Crippen LogP) is 4.32. The van der Waals surface area contributed by atoms with Crippen molar-refractivity contribution >= 4 is 16.7 Å². The van der Waals surface area contributed by atoms with Gasteiger partial charge in [-0.2, -0.15) is 18.4 Å². The van der Waals surface area contributed by atoms with Crippen molar-refractivity contribution in [1.29, 1.82) is 5.26 Å². The summed E-state index contributed by atoms with van der Waals surface area (Å²) in [7, 11) is 0. The Labute approximate surface area is 171 Å². The molecular weight excluding hydrogens is 393 g/mol. The molecule has 6 nitrogen and oxygen atoms in total. The van der Waals surface area contributed by atoms with Crippen molar-refractivity contribution < 1.29 is 13.2 Å². The van der Waals surface area contributed by atoms with Crippen LogP contribution < -0.4 is 10.6 Å². The summed E-state index contributed by atoms with van der Waals surface area (Å²) < 4.78 is 39.0. The highest BCUT2D eigenvalue weighted by Gasteiger charge is 2.35. The van der Waals surface area contributed by atoms with Crippen LogP contribution in [0.25, 0.3) is 22.2 Å². The summed E-state index contributed by atoms with van der Waals surface area (Å²) in [5.41, 5.74) is 1.55. The predicted molar refractivity (Wildman–Crippen MR) is 108 cm³/mol. The minimum Gasteiger partial charge on any atom is -0.368 e. The van der Waals surface area contributed by atoms with Crippen molar-refractivity contribution in [3.05, 3.63) is 41.9 Å². The Morgan fingerprint density at radius 2 is 2.07 bits per heavy atom. The zero-order valence-corrected chi connectivity index (χ0v) is 16.6. The molecule has 30 heavy (non-hydrogen) atoms. The second kappa shape index (κ2) is 7.29. The molecule has 1 atom stereocenters. The van der Waals surface area contributed by atoms with E-state index >= 15 is 0 Å². The highest BCUT2D eigenvalue weighted by molar-refractivity contribution is 5.90. The van der Waals surface area contributed by atoms with Gasteiger partial charge in [0.1, 0.15) is 5.82 Å². The first-order valence-corrected chi connectivity index (χ1v) is 9.59. The molecule has 0 bridgehead atoms. The van der Waals surface area contributed by atoms with Gasteiger partial charge >= 0.3 is 6.18 Å². The molecule has 3 aromatic rings. The van der Waals surface area contributed by atoms with Crippen molar-refractivity contribution in [1.82, 2.24) is 20.3 Å². The topological polar surface area (TPSA) is 89.4 Å². The van der Waals surface area contributed by atoms with Crippen LogP contribution in [0.1, 0.15) is 31.7 Å². The number of nitrogens with zero attached hydrogens (tertiary/aromatic N) is 3. The number of benzene rings is 1. The molecule has 2 aromatic heterocycles. The summed E-state index contributed by atoms with van der Waals surface area (Å²) in [6, 6.07) is 8.88. The van der Waals surface area contributed by atoms with Gasteiger partial charge in [-0.25, -0.2) is 9.97 Å². The number of rotatable bonds is 3. The van der Waals surface area contributed by atoms with Crippen LogP contribution in [0.15, 0.2) is 30.5 Å². The van der Waals surface area contributed by atoms with Gasteiger partial charge in [0, 0.05) is 41.8 Å². The zero-order valence-electron chi connectivity index (χ0n) is 16.6. The molecule has 0 spiro atoms. The van der Waals surface area contributed by atoms with Gasteiger partial charge < -0.3 is 15.6 Å². The lowest BCUT2D eigenvalue weighted by molar-refractivity contribution is -0.144. The average molecular weight is 414 g/mol. The van der Waals surface area contributed by atoms with E-state index in [1.807, 2.05) is 6.07 Å². The first-order valence-electron chi connectivity index (χ1n) is 9.59. The lowest BCUT2D eigenvalue weighted by Crippen LogP contribution is -2.47. The molecule has 1 aromatic carbocycles. The van der Waals surface area contributed by atoms with E-state index in [0.29, 0.717) is 5.56 Å². The number of alkyl halides is 3. The highest BCUT2D eigenvalue weighted by atomic mass is 19.4. The fourth-order valence-electron chi connectivity index (χ4n) is 3.93. The fourth-order valence-corrected chi connectivity index (χ4v) is 3.93. The van der Waals surface area contributed by atoms with Gasteiger partial charge in [0.05, 0.1) is 17.3 Å². The molecule has 4 rings (SSSR count). The molecule has 3 heterocycles. The molecule has 9 heteroatoms. The van der Waals surface area contributed by atoms with Crippen LogP contribution in [0.4, 0.5) is 19.0 Å². The van der Waals surface area contributed by atoms with Crippen molar-refractivity contribution in [3.8, 4) is 17.3 Å². The normalized spacial score (nSPS) is 18.9. The number of piperidine rings is 1. The molecule has 0 aliphatic carbocycles. The summed E-state index contributed by atoms with van der Waals surface area (Å²) in [5, 5.41) is 17.2.